The Labute approximate surface area is 691 Å². The third-order valence-electron chi connectivity index (χ3n) is 20.2. The lowest BCUT2D eigenvalue weighted by molar-refractivity contribution is -0.115. The number of benzene rings is 10. The van der Waals surface area contributed by atoms with Crippen molar-refractivity contribution in [1.82, 2.24) is 25.1 Å². The number of hydrogen-bond acceptors (Lipinski definition) is 13. The van der Waals surface area contributed by atoms with E-state index < -0.39 is 11.8 Å². The van der Waals surface area contributed by atoms with E-state index in [9.17, 15) is 47.9 Å². The highest BCUT2D eigenvalue weighted by Crippen LogP contribution is 2.35. The fourth-order valence-corrected chi connectivity index (χ4v) is 14.5. The van der Waals surface area contributed by atoms with Crippen LogP contribution >= 0.6 is 0 Å². The van der Waals surface area contributed by atoms with Crippen LogP contribution in [0.5, 0.6) is 0 Å². The maximum Gasteiger partial charge on any atom is 0.251 e. The molecule has 0 aliphatic carbocycles. The summed E-state index contributed by atoms with van der Waals surface area (Å²) in [6.07, 6.45) is 8.07. The number of rotatable bonds is 20. The van der Waals surface area contributed by atoms with Gasteiger partial charge in [0.15, 0.2) is 0 Å². The first-order valence-corrected chi connectivity index (χ1v) is 39.2. The quantitative estimate of drug-likeness (QED) is 0.0340. The number of carbonyl (C=O) groups excluding carboxylic acids is 10. The predicted octanol–water partition coefficient (Wildman–Crippen LogP) is 13.6. The number of nitrogens with one attached hydrogen (secondary N) is 8. The van der Waals surface area contributed by atoms with Gasteiger partial charge in [0.2, 0.25) is 41.4 Å². The number of carbonyl (C=O) groups is 10. The molecule has 610 valence electrons. The van der Waals surface area contributed by atoms with Gasteiger partial charge in [-0.1, -0.05) is 60.7 Å². The van der Waals surface area contributed by atoms with Crippen LogP contribution < -0.4 is 68.7 Å². The van der Waals surface area contributed by atoms with E-state index in [4.69, 9.17) is 11.5 Å². The highest BCUT2D eigenvalue weighted by atomic mass is 16.2. The van der Waals surface area contributed by atoms with Gasteiger partial charge in [-0.25, -0.2) is 0 Å². The second-order valence-electron chi connectivity index (χ2n) is 29.2. The van der Waals surface area contributed by atoms with Crippen LogP contribution in [0.15, 0.2) is 237 Å². The van der Waals surface area contributed by atoms with Crippen molar-refractivity contribution in [2.45, 2.75) is 93.0 Å². The summed E-state index contributed by atoms with van der Waals surface area (Å²) in [6, 6.07) is 71.5. The Balaban J connectivity index is 0.000000146. The summed E-state index contributed by atoms with van der Waals surface area (Å²) in [5.41, 5.74) is 32.9. The lowest BCUT2D eigenvalue weighted by Crippen LogP contribution is -2.29. The number of nitrogens with two attached hydrogens (primary N) is 2. The molecule has 0 saturated carbocycles. The molecule has 0 spiro atoms. The van der Waals surface area contributed by atoms with Crippen LogP contribution in [0.4, 0.5) is 45.5 Å². The zero-order chi connectivity index (χ0) is 84.8. The molecule has 119 heavy (non-hydrogen) atoms. The van der Waals surface area contributed by atoms with Crippen LogP contribution in [-0.2, 0) is 76.0 Å². The van der Waals surface area contributed by atoms with Gasteiger partial charge in [0.1, 0.15) is 0 Å². The van der Waals surface area contributed by atoms with E-state index in [1.165, 1.54) is 79.5 Å². The highest BCUT2D eigenvalue weighted by Gasteiger charge is 2.23. The molecule has 5 heterocycles. The second-order valence-corrected chi connectivity index (χ2v) is 29.2. The highest BCUT2D eigenvalue weighted by molar-refractivity contribution is 5.98. The number of aromatic nitrogens is 2. The average Bonchev–Trinajstić information content (AvgIpc) is 1.60. The Morgan fingerprint density at radius 2 is 0.555 bits per heavy atom. The zero-order valence-corrected chi connectivity index (χ0v) is 68.0. The topological polar surface area (TPSA) is 339 Å². The zero-order valence-electron chi connectivity index (χ0n) is 68.0. The van der Waals surface area contributed by atoms with E-state index in [-0.39, 0.29) is 47.3 Å². The van der Waals surface area contributed by atoms with E-state index in [0.717, 1.165) is 138 Å². The molecule has 12 N–H and O–H groups in total. The van der Waals surface area contributed by atoms with E-state index in [2.05, 4.69) is 84.6 Å². The van der Waals surface area contributed by atoms with Gasteiger partial charge >= 0.3 is 0 Å². The first-order chi connectivity index (χ1) is 57.2. The fourth-order valence-electron chi connectivity index (χ4n) is 14.5. The number of hydrogen-bond donors (Lipinski definition) is 10. The first-order valence-electron chi connectivity index (χ1n) is 39.2. The summed E-state index contributed by atoms with van der Waals surface area (Å²) < 4.78 is 4.26. The minimum atomic E-state index is -0.423. The lowest BCUT2D eigenvalue weighted by Gasteiger charge is -2.32. The van der Waals surface area contributed by atoms with Gasteiger partial charge in [0.25, 0.3) is 17.7 Å². The van der Waals surface area contributed by atoms with E-state index in [0.29, 0.717) is 34.4 Å². The minimum absolute atomic E-state index is 0.0520. The summed E-state index contributed by atoms with van der Waals surface area (Å²) in [5, 5.41) is 24.1. The summed E-state index contributed by atoms with van der Waals surface area (Å²) in [7, 11) is 4.89. The number of aryl methyl sites for hydroxylation is 1. The van der Waals surface area contributed by atoms with Crippen molar-refractivity contribution in [3.63, 3.8) is 0 Å². The predicted molar refractivity (Wildman–Crippen MR) is 471 cm³/mol. The molecule has 10 aromatic carbocycles. The molecular formula is C94H99N15O10. The molecule has 25 heteroatoms. The summed E-state index contributed by atoms with van der Waals surface area (Å²) >= 11 is 0. The molecule has 25 nitrogen and oxygen atoms in total. The Morgan fingerprint density at radius 3 is 0.840 bits per heavy atom. The van der Waals surface area contributed by atoms with Crippen molar-refractivity contribution >= 4 is 126 Å². The van der Waals surface area contributed by atoms with Gasteiger partial charge < -0.3 is 77.8 Å². The average molecular weight is 1600 g/mol. The molecule has 3 aliphatic heterocycles. The van der Waals surface area contributed by atoms with Crippen molar-refractivity contribution in [3.8, 4) is 0 Å². The summed E-state index contributed by atoms with van der Waals surface area (Å²) in [6.45, 7) is 14.2. The summed E-state index contributed by atoms with van der Waals surface area (Å²) in [5.74, 6) is -1.39. The van der Waals surface area contributed by atoms with E-state index in [1.54, 1.807) is 45.4 Å². The van der Waals surface area contributed by atoms with Gasteiger partial charge in [0.05, 0.1) is 0 Å². The fraction of sp³-hybridized carbons (Fsp3) is 0.213. The van der Waals surface area contributed by atoms with Crippen molar-refractivity contribution in [2.24, 2.45) is 11.5 Å². The molecular weight excluding hydrogens is 1500 g/mol. The molecule has 12 aromatic rings. The largest absolute Gasteiger partial charge is 0.367 e. The minimum Gasteiger partial charge on any atom is -0.367 e. The standard InChI is InChI=1S/C20H23N3O2.C19H21N3O2.C19H19N3O2.C18H19N3O2.C18H17N3O2/c1-14(24)22-18-9-10-19-17(12-18)4-3-11-23(19)13-15-5-7-16(8-6-15)20(25)21-2;2*1-13(23)21-17-7-8-18-16(11-17)9-10-22(18)12-14-3-5-15(6-4-14)19(24)20-2;2*1-12(22)20-16-6-7-17-15(10-16)8-9-21(17)11-13-2-4-14(5-3-13)18(19)23/h5-10,12H,3-4,11,13H2,1-2H3,(H,21,25)(H,22,24);3-8,11H,9-10,12H2,1-2H3,(H,20,24)(H,21,23);3-11H,12H2,1-2H3,(H,20,24)(H,21,23);2-7,10H,8-9,11H2,1H3,(H2,19,23)(H,20,22);2-10H,11H2,1H3,(H2,19,23)(H,20,22). The molecule has 0 unspecified atom stereocenters. The number of fused-ring (bicyclic) bond motifs is 5. The van der Waals surface area contributed by atoms with Gasteiger partial charge in [-0.05, 0) is 234 Å². The molecule has 0 saturated heterocycles. The Kier molecular flexibility index (Phi) is 28.7. The first kappa shape index (κ1) is 85.3. The number of amides is 10. The van der Waals surface area contributed by atoms with Gasteiger partial charge in [-0.15, -0.1) is 0 Å². The molecule has 3 aliphatic rings. The Hall–Kier alpha value is -14.6. The molecule has 0 radical (unpaired) electrons. The van der Waals surface area contributed by atoms with Crippen LogP contribution in [0, 0.1) is 0 Å². The molecule has 0 fully saturated rings. The smallest absolute Gasteiger partial charge is 0.251 e. The van der Waals surface area contributed by atoms with Gasteiger partial charge in [-0.3, -0.25) is 47.9 Å². The SMILES string of the molecule is CC(=O)Nc1ccc2c(c1)CCN2Cc1ccc(C(N)=O)cc1.CC(=O)Nc1ccc2c(ccn2Cc2ccc(C(N)=O)cc2)c1.CNC(=O)c1ccc(CN2CCCc3cc(NC(C)=O)ccc32)cc1.CNC(=O)c1ccc(CN2CCc3cc(NC(C)=O)ccc32)cc1.CNC(=O)c1ccc(Cn2ccc3cc(NC(C)=O)ccc32)cc1. The van der Waals surface area contributed by atoms with Crippen molar-refractivity contribution < 1.29 is 47.9 Å². The Bertz CT molecular complexity index is 5700. The monoisotopic (exact) mass is 1600 g/mol. The lowest BCUT2D eigenvalue weighted by atomic mass is 10.00. The number of primary amides is 2. The van der Waals surface area contributed by atoms with Crippen LogP contribution in [0.1, 0.15) is 137 Å². The normalized spacial score (nSPS) is 12.0. The van der Waals surface area contributed by atoms with Gasteiger partial charge in [0, 0.05) is 216 Å². The second kappa shape index (κ2) is 40.1. The van der Waals surface area contributed by atoms with Crippen LogP contribution in [0.2, 0.25) is 0 Å². The van der Waals surface area contributed by atoms with E-state index in [1.807, 2.05) is 194 Å². The van der Waals surface area contributed by atoms with E-state index >= 15 is 0 Å². The number of anilines is 8. The van der Waals surface area contributed by atoms with Crippen LogP contribution in [0.25, 0.3) is 21.8 Å². The molecule has 10 amide bonds. The molecule has 2 aromatic heterocycles. The van der Waals surface area contributed by atoms with Crippen molar-refractivity contribution in [1.29, 1.82) is 0 Å². The van der Waals surface area contributed by atoms with Crippen LogP contribution in [-0.4, -0.2) is 109 Å². The maximum absolute atomic E-state index is 11.6. The van der Waals surface area contributed by atoms with Gasteiger partial charge in [-0.2, -0.15) is 0 Å². The molecule has 0 bridgehead atoms. The van der Waals surface area contributed by atoms with Crippen molar-refractivity contribution in [2.75, 3.05) is 82.1 Å². The summed E-state index contributed by atoms with van der Waals surface area (Å²) in [4.78, 5) is 120. The number of nitrogens with zero attached hydrogens (tertiary/aromatic N) is 5. The Morgan fingerprint density at radius 1 is 0.294 bits per heavy atom. The molecule has 0 atom stereocenters. The van der Waals surface area contributed by atoms with Crippen LogP contribution in [0.3, 0.4) is 0 Å². The third-order valence-corrected chi connectivity index (χ3v) is 20.2. The molecule has 15 rings (SSSR count). The van der Waals surface area contributed by atoms with Crippen molar-refractivity contribution in [3.05, 3.63) is 309 Å². The third kappa shape index (κ3) is 23.6. The maximum atomic E-state index is 11.6.